The lowest BCUT2D eigenvalue weighted by Gasteiger charge is -2.13. The van der Waals surface area contributed by atoms with Crippen LogP contribution in [0.15, 0.2) is 253 Å². The number of aromatic nitrogens is 1. The number of pyridine rings is 1. The third-order valence-electron chi connectivity index (χ3n) is 12.8. The molecule has 9 aromatic carbocycles. The molecule has 0 aliphatic carbocycles. The second-order valence-electron chi connectivity index (χ2n) is 19.5. The van der Waals surface area contributed by atoms with Gasteiger partial charge in [-0.15, -0.1) is 35.3 Å². The van der Waals surface area contributed by atoms with E-state index in [0.29, 0.717) is 28.9 Å². The van der Waals surface area contributed by atoms with Gasteiger partial charge in [0, 0.05) is 80.5 Å². The number of nitrogens with two attached hydrogens (primary N) is 1. The lowest BCUT2D eigenvalue weighted by atomic mass is 10.1. The minimum absolute atomic E-state index is 0.0739. The Bertz CT molecular complexity index is 4150. The third-order valence-corrected chi connectivity index (χ3v) is 18.9. The molecular formula is C72H67Br2Cl2FIN3O7P2S3. The molecule has 4 N–H and O–H groups in total. The van der Waals surface area contributed by atoms with Crippen molar-refractivity contribution in [2.45, 2.75) is 52.7 Å². The van der Waals surface area contributed by atoms with Gasteiger partial charge < -0.3 is 30.2 Å². The molecule has 10 nitrogen and oxygen atoms in total. The maximum absolute atomic E-state index is 12.6. The van der Waals surface area contributed by atoms with Gasteiger partial charge in [-0.1, -0.05) is 120 Å². The Hall–Kier alpha value is -5.92. The lowest BCUT2D eigenvalue weighted by molar-refractivity contribution is -0.138. The van der Waals surface area contributed by atoms with Gasteiger partial charge in [-0.3, -0.25) is 9.36 Å². The topological polar surface area (TPSA) is 142 Å². The van der Waals surface area contributed by atoms with Crippen LogP contribution in [0.1, 0.15) is 47.2 Å². The number of hydrogen-bond acceptors (Lipinski definition) is 12. The maximum atomic E-state index is 12.6. The first-order chi connectivity index (χ1) is 45.0. The number of rotatable bonds is 20. The van der Waals surface area contributed by atoms with Crippen molar-refractivity contribution >= 4 is 182 Å². The Morgan fingerprint density at radius 1 is 0.624 bits per heavy atom. The molecule has 2 unspecified atom stereocenters. The number of fused-ring (bicyclic) bond motifs is 1. The zero-order valence-corrected chi connectivity index (χ0v) is 62.3. The minimum atomic E-state index is -0.776. The van der Waals surface area contributed by atoms with Crippen LogP contribution < -0.4 is 21.3 Å². The molecule has 0 bridgehead atoms. The molecule has 0 saturated carbocycles. The SMILES string of the molecule is CCOC(=O)/C=C/c1cc(SCc2ccccc2)ccc1N.CCOC(=O)/C=C/c1cc(SCc2ccccc2)ccc1Nc1ccc(Cl)cc1Br.COc1cc(C)ccc1I.O=c1ccc2cc(SCc3ccccc3)ccc2n1-c1ccc(Cl)cc1Br.OPPF. The van der Waals surface area contributed by atoms with E-state index < -0.39 is 17.1 Å². The standard InChI is InChI=1S/C24H21BrClNO2S.C22H15BrClNOS.C18H19NO2S.C8H9IO.FH3OP2/c1-2-29-24(28)13-8-18-14-20(30-16-17-6-4-3-5-7-17)10-12-22(18)27-23-11-9-19(26)15-21(23)25;23-19-13-17(24)7-9-21(19)25-20-10-8-18(12-16(20)6-11-22(25)26)27-14-15-4-2-1-3-5-15;1-2-21-18(20)11-8-15-12-16(9-10-17(15)19)22-13-14-6-4-3-5-7-14;1-6-3-4-7(9)8(5-6)10-2;1-3-4-2/h3-15,27H,2,16H2,1H3;1-13H,14H2;3-12H,2,13,19H2,1H3;3-5H,1-2H3;2-4H/b13-8+;;11-8+;;. The molecule has 0 aliphatic heterocycles. The molecule has 0 fully saturated rings. The maximum Gasteiger partial charge on any atom is 0.330 e. The van der Waals surface area contributed by atoms with Crippen LogP contribution in [0.3, 0.4) is 0 Å². The van der Waals surface area contributed by atoms with Gasteiger partial charge in [0.25, 0.3) is 5.56 Å². The number of methoxy groups -OCH3 is 1. The zero-order valence-electron chi connectivity index (χ0n) is 51.0. The first-order valence-corrected chi connectivity index (χ1v) is 37.8. The molecule has 1 aromatic heterocycles. The van der Waals surface area contributed by atoms with Crippen LogP contribution in [-0.2, 0) is 36.3 Å². The summed E-state index contributed by atoms with van der Waals surface area (Å²) in [6.07, 6.45) is 6.32. The van der Waals surface area contributed by atoms with E-state index in [9.17, 15) is 18.6 Å². The van der Waals surface area contributed by atoms with E-state index in [2.05, 4.69) is 152 Å². The summed E-state index contributed by atoms with van der Waals surface area (Å²) in [6.45, 7) is 6.34. The van der Waals surface area contributed by atoms with E-state index in [4.69, 9.17) is 48.0 Å². The second kappa shape index (κ2) is 41.8. The molecule has 482 valence electrons. The predicted octanol–water partition coefficient (Wildman–Crippen LogP) is 22.2. The normalized spacial score (nSPS) is 10.9. The number of hydrogen-bond donors (Lipinski definition) is 3. The van der Waals surface area contributed by atoms with Gasteiger partial charge in [0.15, 0.2) is 0 Å². The van der Waals surface area contributed by atoms with Crippen LogP contribution in [0.4, 0.5) is 21.3 Å². The van der Waals surface area contributed by atoms with Crippen molar-refractivity contribution in [3.05, 3.63) is 291 Å². The van der Waals surface area contributed by atoms with Crippen LogP contribution in [0.5, 0.6) is 5.75 Å². The molecule has 0 spiro atoms. The monoisotopic (exact) mass is 1620 g/mol. The molecular weight excluding hydrogens is 1550 g/mol. The van der Waals surface area contributed by atoms with Crippen LogP contribution in [0, 0.1) is 10.5 Å². The highest BCUT2D eigenvalue weighted by Crippen LogP contribution is 2.35. The summed E-state index contributed by atoms with van der Waals surface area (Å²) >= 11 is 26.7. The fraction of sp³-hybridized carbons (Fsp3) is 0.125. The van der Waals surface area contributed by atoms with Gasteiger partial charge in [-0.05, 0) is 235 Å². The van der Waals surface area contributed by atoms with Gasteiger partial charge in [0.05, 0.1) is 49.3 Å². The molecule has 0 amide bonds. The Labute approximate surface area is 600 Å². The smallest absolute Gasteiger partial charge is 0.330 e. The van der Waals surface area contributed by atoms with Crippen molar-refractivity contribution in [2.24, 2.45) is 0 Å². The molecule has 1 heterocycles. The van der Waals surface area contributed by atoms with Crippen molar-refractivity contribution in [3.63, 3.8) is 0 Å². The zero-order chi connectivity index (χ0) is 66.9. The highest BCUT2D eigenvalue weighted by Gasteiger charge is 2.12. The van der Waals surface area contributed by atoms with Gasteiger partial charge in [-0.25, -0.2) is 13.8 Å². The lowest BCUT2D eigenvalue weighted by Crippen LogP contribution is -2.17. The number of ether oxygens (including phenoxy) is 3. The number of carbonyl (C=O) groups is 2. The predicted molar refractivity (Wildman–Crippen MR) is 412 cm³/mol. The molecule has 0 aliphatic rings. The number of esters is 2. The Kier molecular flexibility index (Phi) is 34.2. The van der Waals surface area contributed by atoms with Crippen molar-refractivity contribution in [3.8, 4) is 11.4 Å². The van der Waals surface area contributed by atoms with Crippen LogP contribution in [-0.4, -0.2) is 41.7 Å². The average molecular weight is 1620 g/mol. The minimum Gasteiger partial charge on any atom is -0.496 e. The van der Waals surface area contributed by atoms with Gasteiger partial charge in [0.2, 0.25) is 0 Å². The highest BCUT2D eigenvalue weighted by atomic mass is 127. The number of benzene rings is 9. The molecule has 0 radical (unpaired) electrons. The quantitative estimate of drug-likeness (QED) is 0.0167. The summed E-state index contributed by atoms with van der Waals surface area (Å²) in [5.74, 6) is 2.92. The summed E-state index contributed by atoms with van der Waals surface area (Å²) in [6, 6.07) is 69.8. The number of thioether (sulfide) groups is 3. The number of nitrogen functional groups attached to an aromatic ring is 1. The van der Waals surface area contributed by atoms with E-state index in [1.165, 1.54) is 39.3 Å². The molecule has 10 aromatic rings. The number of anilines is 3. The summed E-state index contributed by atoms with van der Waals surface area (Å²) in [4.78, 5) is 46.7. The fourth-order valence-corrected chi connectivity index (χ4v) is 13.2. The first-order valence-electron chi connectivity index (χ1n) is 28.6. The molecule has 0 saturated heterocycles. The van der Waals surface area contributed by atoms with Gasteiger partial charge in [0.1, 0.15) is 14.3 Å². The van der Waals surface area contributed by atoms with E-state index in [1.54, 1.807) is 91.2 Å². The number of carbonyl (C=O) groups excluding carboxylic acids is 2. The fourth-order valence-electron chi connectivity index (χ4n) is 8.32. The number of halogens is 6. The number of nitrogens with one attached hydrogen (secondary N) is 1. The first kappa shape index (κ1) is 76.1. The van der Waals surface area contributed by atoms with E-state index >= 15 is 0 Å². The molecule has 93 heavy (non-hydrogen) atoms. The van der Waals surface area contributed by atoms with Gasteiger partial charge >= 0.3 is 11.9 Å². The second-order valence-corrected chi connectivity index (χ2v) is 28.0. The van der Waals surface area contributed by atoms with Crippen LogP contribution in [0.25, 0.3) is 28.7 Å². The molecule has 21 heteroatoms. The van der Waals surface area contributed by atoms with E-state index in [1.807, 2.05) is 109 Å². The van der Waals surface area contributed by atoms with Crippen molar-refractivity contribution in [1.29, 1.82) is 0 Å². The number of aryl methyl sites for hydroxylation is 1. The summed E-state index contributed by atoms with van der Waals surface area (Å²) in [7, 11) is 0.417. The van der Waals surface area contributed by atoms with Crippen molar-refractivity contribution < 1.29 is 32.9 Å². The Balaban J connectivity index is 0.000000202. The average Bonchev–Trinajstić information content (AvgIpc) is 0.787. The number of nitrogens with zero attached hydrogens (tertiary/aromatic N) is 1. The highest BCUT2D eigenvalue weighted by molar-refractivity contribution is 14.1. The van der Waals surface area contributed by atoms with Crippen LogP contribution in [0.2, 0.25) is 10.0 Å². The Morgan fingerprint density at radius 2 is 1.11 bits per heavy atom. The largest absolute Gasteiger partial charge is 0.496 e. The van der Waals surface area contributed by atoms with Crippen molar-refractivity contribution in [2.75, 3.05) is 31.4 Å². The van der Waals surface area contributed by atoms with Crippen LogP contribution >= 0.6 is 130 Å². The summed E-state index contributed by atoms with van der Waals surface area (Å²) < 4.78 is 30.0. The summed E-state index contributed by atoms with van der Waals surface area (Å²) in [5.41, 5.74) is 16.7. The molecule has 10 rings (SSSR count). The molecule has 2 atom stereocenters. The third kappa shape index (κ3) is 26.7. The van der Waals surface area contributed by atoms with Crippen molar-refractivity contribution in [1.82, 2.24) is 4.57 Å². The van der Waals surface area contributed by atoms with E-state index in [-0.39, 0.29) is 17.5 Å². The summed E-state index contributed by atoms with van der Waals surface area (Å²) in [5, 5.41) is 5.71. The Morgan fingerprint density at radius 3 is 1.61 bits per heavy atom. The van der Waals surface area contributed by atoms with E-state index in [0.717, 1.165) is 84.4 Å². The van der Waals surface area contributed by atoms with Gasteiger partial charge in [-0.2, -0.15) is 0 Å².